The number of benzene rings is 2. The highest BCUT2D eigenvalue weighted by molar-refractivity contribution is 6.31. The van der Waals surface area contributed by atoms with E-state index in [-0.39, 0.29) is 30.9 Å². The first-order valence-electron chi connectivity index (χ1n) is 12.3. The lowest BCUT2D eigenvalue weighted by molar-refractivity contribution is -0.123. The molecular formula is C28H35Cl2N3O4. The smallest absolute Gasteiger partial charge is 0.237 e. The third-order valence-electron chi connectivity index (χ3n) is 6.84. The van der Waals surface area contributed by atoms with Gasteiger partial charge in [0.25, 0.3) is 0 Å². The summed E-state index contributed by atoms with van der Waals surface area (Å²) in [4.78, 5) is 13.6. The third-order valence-corrected chi connectivity index (χ3v) is 7.31. The van der Waals surface area contributed by atoms with Crippen LogP contribution in [0.5, 0.6) is 5.75 Å². The molecule has 200 valence electrons. The molecule has 1 aliphatic rings. The van der Waals surface area contributed by atoms with Crippen LogP contribution in [0.2, 0.25) is 10.0 Å². The molecule has 0 aliphatic carbocycles. The number of rotatable bonds is 9. The average Bonchev–Trinajstić information content (AvgIpc) is 3.16. The van der Waals surface area contributed by atoms with Crippen LogP contribution >= 0.6 is 23.2 Å². The number of hydrogen-bond acceptors (Lipinski definition) is 6. The molecule has 0 saturated carbocycles. The number of methoxy groups -OCH3 is 1. The van der Waals surface area contributed by atoms with E-state index in [0.29, 0.717) is 27.8 Å². The number of aliphatic hydroxyl groups is 2. The van der Waals surface area contributed by atoms with Crippen molar-refractivity contribution in [1.29, 1.82) is 5.26 Å². The SMILES string of the molecule is COc1cc(Cl)ccc1C1(C#N)C(CC(C)(C)C)NC(C(=O)NCC[C@H](O)CO)C1c1cccc(Cl)c1. The van der Waals surface area contributed by atoms with E-state index in [9.17, 15) is 15.2 Å². The molecule has 1 aliphatic heterocycles. The lowest BCUT2D eigenvalue weighted by Gasteiger charge is -2.38. The van der Waals surface area contributed by atoms with E-state index in [1.165, 1.54) is 7.11 Å². The van der Waals surface area contributed by atoms with Crippen LogP contribution in [0.15, 0.2) is 42.5 Å². The Hall–Kier alpha value is -2.34. The number of nitrogens with one attached hydrogen (secondary N) is 2. The largest absolute Gasteiger partial charge is 0.496 e. The zero-order valence-electron chi connectivity index (χ0n) is 21.6. The topological polar surface area (TPSA) is 115 Å². The normalized spacial score (nSPS) is 24.4. The molecule has 4 N–H and O–H groups in total. The highest BCUT2D eigenvalue weighted by Gasteiger charge is 2.60. The van der Waals surface area contributed by atoms with Crippen molar-refractivity contribution in [3.8, 4) is 11.8 Å². The molecular weight excluding hydrogens is 513 g/mol. The van der Waals surface area contributed by atoms with Gasteiger partial charge in [-0.3, -0.25) is 4.79 Å². The Kier molecular flexibility index (Phi) is 9.49. The van der Waals surface area contributed by atoms with Crippen LogP contribution in [0.4, 0.5) is 0 Å². The van der Waals surface area contributed by atoms with Crippen molar-refractivity contribution in [2.75, 3.05) is 20.3 Å². The van der Waals surface area contributed by atoms with Crippen LogP contribution in [0.1, 0.15) is 50.7 Å². The van der Waals surface area contributed by atoms with Gasteiger partial charge in [-0.2, -0.15) is 5.26 Å². The summed E-state index contributed by atoms with van der Waals surface area (Å²) < 4.78 is 5.71. The maximum absolute atomic E-state index is 13.6. The fourth-order valence-corrected chi connectivity index (χ4v) is 5.63. The minimum Gasteiger partial charge on any atom is -0.496 e. The molecule has 5 atom stereocenters. The minimum absolute atomic E-state index is 0.172. The lowest BCUT2D eigenvalue weighted by atomic mass is 9.62. The Bertz CT molecular complexity index is 1150. The summed E-state index contributed by atoms with van der Waals surface area (Å²) in [5.74, 6) is -0.464. The van der Waals surface area contributed by atoms with Crippen molar-refractivity contribution in [2.24, 2.45) is 5.41 Å². The van der Waals surface area contributed by atoms with E-state index in [2.05, 4.69) is 37.5 Å². The molecule has 4 unspecified atom stereocenters. The van der Waals surface area contributed by atoms with Crippen molar-refractivity contribution in [3.63, 3.8) is 0 Å². The number of nitriles is 1. The number of amides is 1. The second-order valence-electron chi connectivity index (χ2n) is 10.7. The first-order valence-corrected chi connectivity index (χ1v) is 13.1. The summed E-state index contributed by atoms with van der Waals surface area (Å²) in [7, 11) is 1.53. The highest BCUT2D eigenvalue weighted by Crippen LogP contribution is 2.53. The van der Waals surface area contributed by atoms with Gasteiger partial charge in [0, 0.05) is 34.1 Å². The van der Waals surface area contributed by atoms with Gasteiger partial charge in [-0.25, -0.2) is 0 Å². The van der Waals surface area contributed by atoms with Crippen molar-refractivity contribution < 1.29 is 19.7 Å². The molecule has 2 aromatic rings. The van der Waals surface area contributed by atoms with E-state index in [0.717, 1.165) is 5.56 Å². The standard InChI is InChI=1S/C28H35Cl2N3O4/c1-27(2,3)14-23-28(16-31,21-9-8-19(30)13-22(21)37-4)24(17-6-5-7-18(29)12-17)25(33-23)26(36)32-11-10-20(35)15-34/h5-9,12-13,20,23-25,33-35H,10-11,14-15H2,1-4H3,(H,32,36)/t20-,23?,24?,25?,28?/m0/s1. The van der Waals surface area contributed by atoms with Crippen molar-refractivity contribution in [2.45, 2.75) is 63.1 Å². The first-order chi connectivity index (χ1) is 17.5. The maximum atomic E-state index is 13.6. The van der Waals surface area contributed by atoms with Crippen LogP contribution in [-0.4, -0.2) is 54.6 Å². The van der Waals surface area contributed by atoms with Crippen LogP contribution in [0.3, 0.4) is 0 Å². The summed E-state index contributed by atoms with van der Waals surface area (Å²) >= 11 is 12.7. The molecule has 0 aromatic heterocycles. The van der Waals surface area contributed by atoms with E-state index in [1.807, 2.05) is 12.1 Å². The monoisotopic (exact) mass is 547 g/mol. The predicted molar refractivity (Wildman–Crippen MR) is 145 cm³/mol. The van der Waals surface area contributed by atoms with E-state index in [4.69, 9.17) is 33.0 Å². The van der Waals surface area contributed by atoms with Gasteiger partial charge in [0.2, 0.25) is 5.91 Å². The second kappa shape index (κ2) is 12.0. The Morgan fingerprint density at radius 2 is 1.95 bits per heavy atom. The Morgan fingerprint density at radius 3 is 2.54 bits per heavy atom. The first kappa shape index (κ1) is 29.2. The van der Waals surface area contributed by atoms with Gasteiger partial charge in [0.15, 0.2) is 0 Å². The Morgan fingerprint density at radius 1 is 1.24 bits per heavy atom. The predicted octanol–water partition coefficient (Wildman–Crippen LogP) is 4.18. The lowest BCUT2D eigenvalue weighted by Crippen LogP contribution is -2.46. The summed E-state index contributed by atoms with van der Waals surface area (Å²) in [6.07, 6.45) is -0.127. The van der Waals surface area contributed by atoms with Gasteiger partial charge in [0.05, 0.1) is 31.9 Å². The number of aliphatic hydroxyl groups excluding tert-OH is 2. The number of ether oxygens (including phenoxy) is 1. The third kappa shape index (κ3) is 6.39. The minimum atomic E-state index is -1.21. The molecule has 1 saturated heterocycles. The average molecular weight is 549 g/mol. The highest BCUT2D eigenvalue weighted by atomic mass is 35.5. The fourth-order valence-electron chi connectivity index (χ4n) is 5.27. The molecule has 0 spiro atoms. The van der Waals surface area contributed by atoms with Crippen LogP contribution in [-0.2, 0) is 10.2 Å². The van der Waals surface area contributed by atoms with Gasteiger partial charge in [-0.1, -0.05) is 62.2 Å². The summed E-state index contributed by atoms with van der Waals surface area (Å²) in [6, 6.07) is 13.9. The van der Waals surface area contributed by atoms with E-state index in [1.54, 1.807) is 30.3 Å². The molecule has 2 aromatic carbocycles. The molecule has 0 bridgehead atoms. The summed E-state index contributed by atoms with van der Waals surface area (Å²) in [5, 5.41) is 37.2. The van der Waals surface area contributed by atoms with Crippen LogP contribution < -0.4 is 15.4 Å². The maximum Gasteiger partial charge on any atom is 0.237 e. The number of hydrogen-bond donors (Lipinski definition) is 4. The van der Waals surface area contributed by atoms with Crippen molar-refractivity contribution >= 4 is 29.1 Å². The van der Waals surface area contributed by atoms with Gasteiger partial charge in [-0.05, 0) is 48.1 Å². The van der Waals surface area contributed by atoms with Gasteiger partial charge < -0.3 is 25.6 Å². The molecule has 1 heterocycles. The van der Waals surface area contributed by atoms with E-state index >= 15 is 0 Å². The van der Waals surface area contributed by atoms with Gasteiger partial charge in [0.1, 0.15) is 11.2 Å². The molecule has 37 heavy (non-hydrogen) atoms. The number of halogens is 2. The molecule has 3 rings (SSSR count). The Labute approximate surface area is 228 Å². The Balaban J connectivity index is 2.22. The van der Waals surface area contributed by atoms with Crippen LogP contribution in [0.25, 0.3) is 0 Å². The molecule has 7 nitrogen and oxygen atoms in total. The van der Waals surface area contributed by atoms with E-state index < -0.39 is 29.5 Å². The van der Waals surface area contributed by atoms with Gasteiger partial charge in [-0.15, -0.1) is 0 Å². The number of nitrogens with zero attached hydrogens (tertiary/aromatic N) is 1. The molecule has 1 fully saturated rings. The van der Waals surface area contributed by atoms with Crippen LogP contribution in [0, 0.1) is 16.7 Å². The number of carbonyl (C=O) groups is 1. The second-order valence-corrected chi connectivity index (χ2v) is 11.6. The van der Waals surface area contributed by atoms with Crippen molar-refractivity contribution in [1.82, 2.24) is 10.6 Å². The quantitative estimate of drug-likeness (QED) is 0.374. The number of carbonyl (C=O) groups excluding carboxylic acids is 1. The summed E-state index contributed by atoms with van der Waals surface area (Å²) in [6.45, 7) is 6.06. The fraction of sp³-hybridized carbons (Fsp3) is 0.500. The molecule has 9 heteroatoms. The zero-order chi connectivity index (χ0) is 27.4. The van der Waals surface area contributed by atoms with Crippen molar-refractivity contribution in [3.05, 3.63) is 63.6 Å². The van der Waals surface area contributed by atoms with Gasteiger partial charge >= 0.3 is 0 Å². The molecule has 0 radical (unpaired) electrons. The summed E-state index contributed by atoms with van der Waals surface area (Å²) in [5.41, 5.74) is 0.000215. The zero-order valence-corrected chi connectivity index (χ0v) is 23.1. The molecule has 1 amide bonds.